The molecule has 1 unspecified atom stereocenters. The molecular weight excluding hydrogens is 217 g/mol. The molecule has 2 nitrogen and oxygen atoms in total. The van der Waals surface area contributed by atoms with Crippen LogP contribution in [0.25, 0.3) is 0 Å². The van der Waals surface area contributed by atoms with E-state index in [0.29, 0.717) is 12.6 Å². The Labute approximate surface area is 93.4 Å². The van der Waals surface area contributed by atoms with E-state index < -0.39 is 0 Å². The Morgan fingerprint density at radius 2 is 2.33 bits per heavy atom. The lowest BCUT2D eigenvalue weighted by atomic mass is 10.1. The van der Waals surface area contributed by atoms with E-state index in [2.05, 4.69) is 5.32 Å². The fourth-order valence-electron chi connectivity index (χ4n) is 1.68. The molecular formula is C11H13ClFNO. The summed E-state index contributed by atoms with van der Waals surface area (Å²) < 4.78 is 18.2. The Kier molecular flexibility index (Phi) is 3.44. The van der Waals surface area contributed by atoms with Gasteiger partial charge in [0.15, 0.2) is 0 Å². The SMILES string of the molecule is Fc1ccc(NC2CCCOC2)cc1Cl. The summed E-state index contributed by atoms with van der Waals surface area (Å²) in [5.41, 5.74) is 0.844. The molecule has 0 aliphatic carbocycles. The van der Waals surface area contributed by atoms with E-state index in [9.17, 15) is 4.39 Å². The second-order valence-corrected chi connectivity index (χ2v) is 4.09. The van der Waals surface area contributed by atoms with Crippen LogP contribution in [0.15, 0.2) is 18.2 Å². The van der Waals surface area contributed by atoms with E-state index >= 15 is 0 Å². The van der Waals surface area contributed by atoms with Crippen LogP contribution in [0, 0.1) is 5.82 Å². The molecule has 15 heavy (non-hydrogen) atoms. The van der Waals surface area contributed by atoms with E-state index in [1.807, 2.05) is 0 Å². The van der Waals surface area contributed by atoms with Crippen LogP contribution in [0.5, 0.6) is 0 Å². The van der Waals surface area contributed by atoms with Gasteiger partial charge in [-0.1, -0.05) is 11.6 Å². The van der Waals surface area contributed by atoms with Crippen LogP contribution >= 0.6 is 11.6 Å². The zero-order valence-corrected chi connectivity index (χ0v) is 9.06. The molecule has 4 heteroatoms. The number of benzene rings is 1. The standard InChI is InChI=1S/C11H13ClFNO/c12-10-6-8(3-4-11(10)13)14-9-2-1-5-15-7-9/h3-4,6,9,14H,1-2,5,7H2. The Morgan fingerprint density at radius 1 is 1.47 bits per heavy atom. The lowest BCUT2D eigenvalue weighted by molar-refractivity contribution is 0.0876. The van der Waals surface area contributed by atoms with Crippen molar-refractivity contribution in [2.24, 2.45) is 0 Å². The molecule has 0 bridgehead atoms. The van der Waals surface area contributed by atoms with Crippen molar-refractivity contribution in [1.82, 2.24) is 0 Å². The largest absolute Gasteiger partial charge is 0.380 e. The third kappa shape index (κ3) is 2.83. The van der Waals surface area contributed by atoms with Crippen molar-refractivity contribution in [1.29, 1.82) is 0 Å². The Bertz CT molecular complexity index is 339. The van der Waals surface area contributed by atoms with E-state index in [-0.39, 0.29) is 10.8 Å². The van der Waals surface area contributed by atoms with Gasteiger partial charge in [0.1, 0.15) is 5.82 Å². The molecule has 0 aromatic heterocycles. The molecule has 1 aliphatic heterocycles. The summed E-state index contributed by atoms with van der Waals surface area (Å²) in [5.74, 6) is -0.387. The van der Waals surface area contributed by atoms with Gasteiger partial charge in [0.2, 0.25) is 0 Å². The summed E-state index contributed by atoms with van der Waals surface area (Å²) >= 11 is 5.69. The fraction of sp³-hybridized carbons (Fsp3) is 0.455. The monoisotopic (exact) mass is 229 g/mol. The Hall–Kier alpha value is -0.800. The molecule has 1 aromatic carbocycles. The normalized spacial score (nSPS) is 21.3. The van der Waals surface area contributed by atoms with Crippen molar-refractivity contribution < 1.29 is 9.13 Å². The smallest absolute Gasteiger partial charge is 0.141 e. The number of hydrogen-bond donors (Lipinski definition) is 1. The predicted molar refractivity (Wildman–Crippen MR) is 58.9 cm³/mol. The van der Waals surface area contributed by atoms with E-state index in [4.69, 9.17) is 16.3 Å². The molecule has 0 radical (unpaired) electrons. The molecule has 1 fully saturated rings. The van der Waals surface area contributed by atoms with Gasteiger partial charge in [0.25, 0.3) is 0 Å². The van der Waals surface area contributed by atoms with E-state index in [1.54, 1.807) is 12.1 Å². The molecule has 1 heterocycles. The number of rotatable bonds is 2. The van der Waals surface area contributed by atoms with Crippen LogP contribution in [0.1, 0.15) is 12.8 Å². The van der Waals surface area contributed by atoms with Crippen LogP contribution in [0.4, 0.5) is 10.1 Å². The number of hydrogen-bond acceptors (Lipinski definition) is 2. The summed E-state index contributed by atoms with van der Waals surface area (Å²) in [6.45, 7) is 1.54. The molecule has 1 saturated heterocycles. The number of nitrogens with one attached hydrogen (secondary N) is 1. The van der Waals surface area contributed by atoms with Gasteiger partial charge < -0.3 is 10.1 Å². The van der Waals surface area contributed by atoms with Gasteiger partial charge in [-0.2, -0.15) is 0 Å². The molecule has 1 atom stereocenters. The third-order valence-corrected chi connectivity index (χ3v) is 2.74. The van der Waals surface area contributed by atoms with Gasteiger partial charge in [-0.25, -0.2) is 4.39 Å². The van der Waals surface area contributed by atoms with Gasteiger partial charge in [-0.3, -0.25) is 0 Å². The zero-order valence-electron chi connectivity index (χ0n) is 8.30. The molecule has 82 valence electrons. The maximum absolute atomic E-state index is 12.9. The summed E-state index contributed by atoms with van der Waals surface area (Å²) in [6.07, 6.45) is 2.14. The molecule has 1 aromatic rings. The highest BCUT2D eigenvalue weighted by Crippen LogP contribution is 2.21. The van der Waals surface area contributed by atoms with Crippen LogP contribution in [-0.2, 0) is 4.74 Å². The average Bonchev–Trinajstić information content (AvgIpc) is 2.25. The predicted octanol–water partition coefficient (Wildman–Crippen LogP) is 3.07. The number of ether oxygens (including phenoxy) is 1. The Balaban J connectivity index is 2.00. The maximum Gasteiger partial charge on any atom is 0.141 e. The average molecular weight is 230 g/mol. The molecule has 1 aliphatic rings. The molecule has 0 spiro atoms. The van der Waals surface area contributed by atoms with Crippen LogP contribution in [0.3, 0.4) is 0 Å². The highest BCUT2D eigenvalue weighted by molar-refractivity contribution is 6.31. The zero-order chi connectivity index (χ0) is 10.7. The van der Waals surface area contributed by atoms with Gasteiger partial charge in [0.05, 0.1) is 11.6 Å². The van der Waals surface area contributed by atoms with Gasteiger partial charge in [-0.15, -0.1) is 0 Å². The van der Waals surface area contributed by atoms with E-state index in [1.165, 1.54) is 6.07 Å². The molecule has 2 rings (SSSR count). The second kappa shape index (κ2) is 4.81. The third-order valence-electron chi connectivity index (χ3n) is 2.45. The number of anilines is 1. The van der Waals surface area contributed by atoms with Crippen molar-refractivity contribution in [2.75, 3.05) is 18.5 Å². The van der Waals surface area contributed by atoms with Gasteiger partial charge >= 0.3 is 0 Å². The Morgan fingerprint density at radius 3 is 3.00 bits per heavy atom. The first-order valence-electron chi connectivity index (χ1n) is 5.05. The van der Waals surface area contributed by atoms with E-state index in [0.717, 1.165) is 25.1 Å². The van der Waals surface area contributed by atoms with Crippen molar-refractivity contribution in [3.8, 4) is 0 Å². The highest BCUT2D eigenvalue weighted by Gasteiger charge is 2.13. The summed E-state index contributed by atoms with van der Waals surface area (Å²) in [5, 5.41) is 3.42. The first-order valence-corrected chi connectivity index (χ1v) is 5.43. The van der Waals surface area contributed by atoms with Crippen molar-refractivity contribution in [3.63, 3.8) is 0 Å². The second-order valence-electron chi connectivity index (χ2n) is 3.69. The van der Waals surface area contributed by atoms with Crippen LogP contribution in [0.2, 0.25) is 5.02 Å². The first-order chi connectivity index (χ1) is 7.25. The molecule has 1 N–H and O–H groups in total. The summed E-state index contributed by atoms with van der Waals surface area (Å²) in [7, 11) is 0. The van der Waals surface area contributed by atoms with Crippen molar-refractivity contribution in [2.45, 2.75) is 18.9 Å². The van der Waals surface area contributed by atoms with Crippen molar-refractivity contribution >= 4 is 17.3 Å². The number of halogens is 2. The summed E-state index contributed by atoms with van der Waals surface area (Å²) in [6, 6.07) is 4.97. The van der Waals surface area contributed by atoms with Gasteiger partial charge in [0, 0.05) is 18.3 Å². The first kappa shape index (κ1) is 10.7. The lowest BCUT2D eigenvalue weighted by Crippen LogP contribution is -2.29. The minimum atomic E-state index is -0.387. The molecule has 0 saturated carbocycles. The van der Waals surface area contributed by atoms with Crippen LogP contribution < -0.4 is 5.32 Å². The molecule has 0 amide bonds. The topological polar surface area (TPSA) is 21.3 Å². The highest BCUT2D eigenvalue weighted by atomic mass is 35.5. The minimum absolute atomic E-state index is 0.150. The quantitative estimate of drug-likeness (QED) is 0.842. The minimum Gasteiger partial charge on any atom is -0.380 e. The van der Waals surface area contributed by atoms with Crippen LogP contribution in [-0.4, -0.2) is 19.3 Å². The lowest BCUT2D eigenvalue weighted by Gasteiger charge is -2.24. The van der Waals surface area contributed by atoms with Gasteiger partial charge in [-0.05, 0) is 31.0 Å². The summed E-state index contributed by atoms with van der Waals surface area (Å²) in [4.78, 5) is 0. The maximum atomic E-state index is 12.9. The van der Waals surface area contributed by atoms with Crippen molar-refractivity contribution in [3.05, 3.63) is 29.0 Å². The fourth-order valence-corrected chi connectivity index (χ4v) is 1.86.